The molecule has 3 nitrogen and oxygen atoms in total. The Balaban J connectivity index is 2.03. The van der Waals surface area contributed by atoms with Crippen LogP contribution in [0.4, 0.5) is 0 Å². The fourth-order valence-corrected chi connectivity index (χ4v) is 2.58. The van der Waals surface area contributed by atoms with Gasteiger partial charge in [-0.2, -0.15) is 0 Å². The summed E-state index contributed by atoms with van der Waals surface area (Å²) in [5.41, 5.74) is 1.94. The molecule has 0 spiro atoms. The van der Waals surface area contributed by atoms with Crippen molar-refractivity contribution in [2.24, 2.45) is 5.92 Å². The lowest BCUT2D eigenvalue weighted by Gasteiger charge is -2.28. The molecule has 2 N–H and O–H groups in total. The average molecular weight is 246 g/mol. The molecule has 1 fully saturated rings. The lowest BCUT2D eigenvalue weighted by molar-refractivity contribution is 0.0924. The number of amides is 1. The smallest absolute Gasteiger partial charge is 0.251 e. The van der Waals surface area contributed by atoms with Crippen molar-refractivity contribution in [3.8, 4) is 0 Å². The second kappa shape index (κ2) is 6.01. The molecule has 2 rings (SSSR count). The van der Waals surface area contributed by atoms with Crippen LogP contribution in [-0.4, -0.2) is 25.0 Å². The van der Waals surface area contributed by atoms with Gasteiger partial charge in [0.15, 0.2) is 0 Å². The molecule has 18 heavy (non-hydrogen) atoms. The topological polar surface area (TPSA) is 41.1 Å². The highest BCUT2D eigenvalue weighted by Crippen LogP contribution is 2.13. The van der Waals surface area contributed by atoms with Crippen LogP contribution in [0.25, 0.3) is 0 Å². The van der Waals surface area contributed by atoms with Crippen LogP contribution in [0.3, 0.4) is 0 Å². The Labute approximate surface area is 109 Å². The molecule has 2 unspecified atom stereocenters. The Morgan fingerprint density at radius 1 is 1.39 bits per heavy atom. The molecular weight excluding hydrogens is 224 g/mol. The molecule has 1 aliphatic heterocycles. The first kappa shape index (κ1) is 13.1. The van der Waals surface area contributed by atoms with Gasteiger partial charge in [-0.25, -0.2) is 0 Å². The van der Waals surface area contributed by atoms with Gasteiger partial charge in [0.05, 0.1) is 0 Å². The Morgan fingerprint density at radius 3 is 2.89 bits per heavy atom. The van der Waals surface area contributed by atoms with Crippen LogP contribution < -0.4 is 10.6 Å². The van der Waals surface area contributed by atoms with Gasteiger partial charge in [0, 0.05) is 18.2 Å². The van der Waals surface area contributed by atoms with E-state index >= 15 is 0 Å². The monoisotopic (exact) mass is 246 g/mol. The normalized spacial score (nSPS) is 23.7. The predicted octanol–water partition coefficient (Wildman–Crippen LogP) is 1.98. The van der Waals surface area contributed by atoms with Crippen molar-refractivity contribution in [3.05, 3.63) is 35.4 Å². The van der Waals surface area contributed by atoms with E-state index in [-0.39, 0.29) is 11.9 Å². The molecule has 1 aromatic carbocycles. The molecule has 0 aromatic heterocycles. The van der Waals surface area contributed by atoms with Crippen molar-refractivity contribution in [3.63, 3.8) is 0 Å². The summed E-state index contributed by atoms with van der Waals surface area (Å²) in [7, 11) is 0. The summed E-state index contributed by atoms with van der Waals surface area (Å²) in [6, 6.07) is 8.10. The molecule has 1 aliphatic rings. The van der Waals surface area contributed by atoms with Gasteiger partial charge in [0.1, 0.15) is 0 Å². The van der Waals surface area contributed by atoms with Gasteiger partial charge in [-0.1, -0.05) is 32.0 Å². The largest absolute Gasteiger partial charge is 0.348 e. The number of rotatable bonds is 3. The van der Waals surface area contributed by atoms with E-state index in [1.165, 1.54) is 0 Å². The lowest BCUT2D eigenvalue weighted by Crippen LogP contribution is -2.48. The van der Waals surface area contributed by atoms with E-state index in [0.717, 1.165) is 37.1 Å². The highest BCUT2D eigenvalue weighted by molar-refractivity contribution is 5.95. The van der Waals surface area contributed by atoms with Crippen molar-refractivity contribution in [2.75, 3.05) is 13.1 Å². The van der Waals surface area contributed by atoms with Gasteiger partial charge >= 0.3 is 0 Å². The highest BCUT2D eigenvalue weighted by Gasteiger charge is 2.21. The number of carbonyl (C=O) groups excluding carboxylic acids is 1. The van der Waals surface area contributed by atoms with Gasteiger partial charge in [-0.15, -0.1) is 0 Å². The second-order valence-corrected chi connectivity index (χ2v) is 5.18. The maximum absolute atomic E-state index is 12.3. The Morgan fingerprint density at radius 2 is 2.17 bits per heavy atom. The number of piperidine rings is 1. The fraction of sp³-hybridized carbons (Fsp3) is 0.533. The third-order valence-electron chi connectivity index (χ3n) is 3.55. The number of nitrogens with one attached hydrogen (secondary N) is 2. The molecule has 1 heterocycles. The van der Waals surface area contributed by atoms with Crippen molar-refractivity contribution >= 4 is 5.91 Å². The summed E-state index contributed by atoms with van der Waals surface area (Å²) in [6.45, 7) is 6.23. The van der Waals surface area contributed by atoms with Gasteiger partial charge in [-0.3, -0.25) is 4.79 Å². The number of benzene rings is 1. The van der Waals surface area contributed by atoms with E-state index in [4.69, 9.17) is 0 Å². The van der Waals surface area contributed by atoms with E-state index in [1.54, 1.807) is 0 Å². The molecule has 98 valence electrons. The summed E-state index contributed by atoms with van der Waals surface area (Å²) < 4.78 is 0. The summed E-state index contributed by atoms with van der Waals surface area (Å²) in [4.78, 5) is 12.3. The SMILES string of the molecule is CCc1ccccc1C(=O)NC1CNCC(C)C1. The molecule has 0 saturated carbocycles. The van der Waals surface area contributed by atoms with Crippen molar-refractivity contribution in [1.82, 2.24) is 10.6 Å². The summed E-state index contributed by atoms with van der Waals surface area (Å²) in [6.07, 6.45) is 1.95. The first-order valence-electron chi connectivity index (χ1n) is 6.80. The molecule has 0 radical (unpaired) electrons. The van der Waals surface area contributed by atoms with E-state index in [0.29, 0.717) is 5.92 Å². The van der Waals surface area contributed by atoms with E-state index in [2.05, 4.69) is 24.5 Å². The van der Waals surface area contributed by atoms with Gasteiger partial charge in [-0.05, 0) is 36.9 Å². The lowest BCUT2D eigenvalue weighted by atomic mass is 9.97. The molecule has 1 amide bonds. The van der Waals surface area contributed by atoms with Crippen LogP contribution in [0.2, 0.25) is 0 Å². The Hall–Kier alpha value is -1.35. The zero-order valence-electron chi connectivity index (χ0n) is 11.2. The predicted molar refractivity (Wildman–Crippen MR) is 73.7 cm³/mol. The maximum Gasteiger partial charge on any atom is 0.251 e. The maximum atomic E-state index is 12.3. The summed E-state index contributed by atoms with van der Waals surface area (Å²) >= 11 is 0. The number of hydrogen-bond donors (Lipinski definition) is 2. The minimum absolute atomic E-state index is 0.0633. The van der Waals surface area contributed by atoms with Crippen LogP contribution in [0, 0.1) is 5.92 Å². The molecule has 1 saturated heterocycles. The van der Waals surface area contributed by atoms with E-state index in [1.807, 2.05) is 24.3 Å². The second-order valence-electron chi connectivity index (χ2n) is 5.18. The number of hydrogen-bond acceptors (Lipinski definition) is 2. The minimum Gasteiger partial charge on any atom is -0.348 e. The third-order valence-corrected chi connectivity index (χ3v) is 3.55. The summed E-state index contributed by atoms with van der Waals surface area (Å²) in [5, 5.41) is 6.49. The first-order valence-corrected chi connectivity index (χ1v) is 6.80. The van der Waals surface area contributed by atoms with Crippen LogP contribution in [0.1, 0.15) is 36.2 Å². The quantitative estimate of drug-likeness (QED) is 0.856. The van der Waals surface area contributed by atoms with Crippen molar-refractivity contribution < 1.29 is 4.79 Å². The van der Waals surface area contributed by atoms with Crippen LogP contribution >= 0.6 is 0 Å². The Kier molecular flexibility index (Phi) is 4.37. The first-order chi connectivity index (χ1) is 8.70. The van der Waals surface area contributed by atoms with E-state index in [9.17, 15) is 4.79 Å². The van der Waals surface area contributed by atoms with Crippen LogP contribution in [-0.2, 0) is 6.42 Å². The zero-order chi connectivity index (χ0) is 13.0. The van der Waals surface area contributed by atoms with Gasteiger partial charge < -0.3 is 10.6 Å². The third kappa shape index (κ3) is 3.10. The van der Waals surface area contributed by atoms with Crippen LogP contribution in [0.15, 0.2) is 24.3 Å². The van der Waals surface area contributed by atoms with Crippen molar-refractivity contribution in [1.29, 1.82) is 0 Å². The zero-order valence-corrected chi connectivity index (χ0v) is 11.2. The molecule has 1 aromatic rings. The van der Waals surface area contributed by atoms with E-state index < -0.39 is 0 Å². The summed E-state index contributed by atoms with van der Waals surface area (Å²) in [5.74, 6) is 0.693. The average Bonchev–Trinajstić information content (AvgIpc) is 2.38. The Bertz CT molecular complexity index is 417. The number of aryl methyl sites for hydroxylation is 1. The van der Waals surface area contributed by atoms with Gasteiger partial charge in [0.25, 0.3) is 5.91 Å². The highest BCUT2D eigenvalue weighted by atomic mass is 16.1. The fourth-order valence-electron chi connectivity index (χ4n) is 2.58. The molecule has 2 atom stereocenters. The standard InChI is InChI=1S/C15H22N2O/c1-3-12-6-4-5-7-14(12)15(18)17-13-8-11(2)9-16-10-13/h4-7,11,13,16H,3,8-10H2,1-2H3,(H,17,18). The molecule has 0 aliphatic carbocycles. The molecule has 0 bridgehead atoms. The number of carbonyl (C=O) groups is 1. The molecular formula is C15H22N2O. The van der Waals surface area contributed by atoms with Gasteiger partial charge in [0.2, 0.25) is 0 Å². The molecule has 3 heteroatoms. The van der Waals surface area contributed by atoms with Crippen LogP contribution in [0.5, 0.6) is 0 Å². The minimum atomic E-state index is 0.0633. The van der Waals surface area contributed by atoms with Crippen molar-refractivity contribution in [2.45, 2.75) is 32.7 Å².